The van der Waals surface area contributed by atoms with Crippen molar-refractivity contribution in [3.8, 4) is 0 Å². The summed E-state index contributed by atoms with van der Waals surface area (Å²) in [6, 6.07) is 9.96. The molecule has 0 aliphatic heterocycles. The normalized spacial score (nSPS) is 12.6. The Balaban J connectivity index is 1.97. The van der Waals surface area contributed by atoms with Crippen LogP contribution in [0.5, 0.6) is 0 Å². The molecule has 0 heterocycles. The van der Waals surface area contributed by atoms with E-state index in [0.717, 1.165) is 6.07 Å². The van der Waals surface area contributed by atoms with Crippen LogP contribution in [0.3, 0.4) is 0 Å². The predicted molar refractivity (Wildman–Crippen MR) is 107 cm³/mol. The predicted octanol–water partition coefficient (Wildman–Crippen LogP) is 3.99. The van der Waals surface area contributed by atoms with Crippen molar-refractivity contribution >= 4 is 27.5 Å². The maximum absolute atomic E-state index is 13.6. The lowest BCUT2D eigenvalue weighted by Crippen LogP contribution is -2.32. The highest BCUT2D eigenvalue weighted by Crippen LogP contribution is 2.30. The van der Waals surface area contributed by atoms with Crippen LogP contribution in [-0.4, -0.2) is 31.9 Å². The van der Waals surface area contributed by atoms with Crippen LogP contribution in [0.1, 0.15) is 25.8 Å². The molecule has 0 aliphatic carbocycles. The number of rotatable bonds is 9. The molecule has 0 saturated carbocycles. The number of nitrogens with one attached hydrogen (secondary N) is 1. The maximum Gasteiger partial charge on any atom is 0.233 e. The van der Waals surface area contributed by atoms with Crippen LogP contribution in [0.25, 0.3) is 0 Å². The minimum Gasteiger partial charge on any atom is -0.355 e. The van der Waals surface area contributed by atoms with Gasteiger partial charge in [-0.1, -0.05) is 25.1 Å². The van der Waals surface area contributed by atoms with Gasteiger partial charge in [0.1, 0.15) is 11.6 Å². The number of halogens is 2. The minimum atomic E-state index is -3.40. The number of carbonyl (C=O) groups is 1. The monoisotopic (exact) mass is 427 g/mol. The standard InChI is InChI=1S/C20H23F2NO3S2/c1-3-12-28(25,26)19-7-5-4-6-18(19)27-14(2)20(24)23-11-10-15-8-9-16(21)13-17(15)22/h4-9,13-14H,3,10-12H2,1-2H3,(H,23,24). The van der Waals surface area contributed by atoms with Crippen LogP contribution < -0.4 is 5.32 Å². The van der Waals surface area contributed by atoms with Gasteiger partial charge in [0.25, 0.3) is 0 Å². The minimum absolute atomic E-state index is 0.0500. The Morgan fingerprint density at radius 2 is 1.89 bits per heavy atom. The molecule has 1 amide bonds. The summed E-state index contributed by atoms with van der Waals surface area (Å²) in [7, 11) is -3.40. The van der Waals surface area contributed by atoms with Gasteiger partial charge in [0.15, 0.2) is 9.84 Å². The Morgan fingerprint density at radius 1 is 1.18 bits per heavy atom. The van der Waals surface area contributed by atoms with Gasteiger partial charge in [0, 0.05) is 17.5 Å². The molecule has 1 atom stereocenters. The third-order valence-corrected chi connectivity index (χ3v) is 7.32. The summed E-state index contributed by atoms with van der Waals surface area (Å²) in [6.45, 7) is 3.68. The lowest BCUT2D eigenvalue weighted by atomic mass is 10.1. The number of thioether (sulfide) groups is 1. The van der Waals surface area contributed by atoms with Crippen molar-refractivity contribution in [3.63, 3.8) is 0 Å². The zero-order valence-corrected chi connectivity index (χ0v) is 17.4. The van der Waals surface area contributed by atoms with Crippen LogP contribution in [-0.2, 0) is 21.1 Å². The summed E-state index contributed by atoms with van der Waals surface area (Å²) in [5, 5.41) is 2.18. The first-order valence-electron chi connectivity index (χ1n) is 8.94. The fourth-order valence-electron chi connectivity index (χ4n) is 2.62. The van der Waals surface area contributed by atoms with E-state index >= 15 is 0 Å². The molecule has 2 rings (SSSR count). The van der Waals surface area contributed by atoms with E-state index in [4.69, 9.17) is 0 Å². The first kappa shape index (κ1) is 22.4. The van der Waals surface area contributed by atoms with Gasteiger partial charge in [0.05, 0.1) is 15.9 Å². The highest BCUT2D eigenvalue weighted by Gasteiger charge is 2.21. The first-order valence-corrected chi connectivity index (χ1v) is 11.5. The Hall–Kier alpha value is -1.93. The van der Waals surface area contributed by atoms with Crippen molar-refractivity contribution in [2.75, 3.05) is 12.3 Å². The SMILES string of the molecule is CCCS(=O)(=O)c1ccccc1SC(C)C(=O)NCCc1ccc(F)cc1F. The molecular formula is C20H23F2NO3S2. The van der Waals surface area contributed by atoms with Crippen LogP contribution >= 0.6 is 11.8 Å². The Bertz CT molecular complexity index is 933. The average molecular weight is 428 g/mol. The van der Waals surface area contributed by atoms with Crippen molar-refractivity contribution in [1.82, 2.24) is 5.32 Å². The molecule has 2 aromatic rings. The van der Waals surface area contributed by atoms with Crippen LogP contribution in [0.2, 0.25) is 0 Å². The second-order valence-electron chi connectivity index (χ2n) is 6.30. The van der Waals surface area contributed by atoms with Gasteiger partial charge in [0.2, 0.25) is 5.91 Å². The Kier molecular flexibility index (Phi) is 8.00. The topological polar surface area (TPSA) is 63.2 Å². The van der Waals surface area contributed by atoms with Crippen molar-refractivity contribution in [2.24, 2.45) is 0 Å². The molecule has 0 aromatic heterocycles. The van der Waals surface area contributed by atoms with E-state index in [1.165, 1.54) is 23.9 Å². The summed E-state index contributed by atoms with van der Waals surface area (Å²) < 4.78 is 51.4. The molecule has 0 bridgehead atoms. The molecule has 0 fully saturated rings. The number of amides is 1. The molecular weight excluding hydrogens is 404 g/mol. The summed E-state index contributed by atoms with van der Waals surface area (Å²) >= 11 is 1.17. The van der Waals surface area contributed by atoms with Gasteiger partial charge in [-0.3, -0.25) is 4.79 Å². The van der Waals surface area contributed by atoms with Crippen LogP contribution in [0.4, 0.5) is 8.78 Å². The zero-order chi connectivity index (χ0) is 20.7. The molecule has 28 heavy (non-hydrogen) atoms. The molecule has 152 valence electrons. The molecule has 1 N–H and O–H groups in total. The van der Waals surface area contributed by atoms with E-state index in [2.05, 4.69) is 5.32 Å². The Labute approximate surface area is 168 Å². The van der Waals surface area contributed by atoms with E-state index in [9.17, 15) is 22.0 Å². The number of benzene rings is 2. The molecule has 8 heteroatoms. The van der Waals surface area contributed by atoms with E-state index in [1.54, 1.807) is 38.1 Å². The smallest absolute Gasteiger partial charge is 0.233 e. The third kappa shape index (κ3) is 6.04. The van der Waals surface area contributed by atoms with Gasteiger partial charge in [-0.05, 0) is 43.5 Å². The van der Waals surface area contributed by atoms with E-state index < -0.39 is 26.7 Å². The fourth-order valence-corrected chi connectivity index (χ4v) is 5.47. The lowest BCUT2D eigenvalue weighted by Gasteiger charge is -2.15. The molecule has 0 radical (unpaired) electrons. The number of hydrogen-bond donors (Lipinski definition) is 1. The highest BCUT2D eigenvalue weighted by molar-refractivity contribution is 8.01. The van der Waals surface area contributed by atoms with E-state index in [-0.39, 0.29) is 29.5 Å². The number of sulfone groups is 1. The molecule has 1 unspecified atom stereocenters. The van der Waals surface area contributed by atoms with Crippen molar-refractivity contribution in [3.05, 3.63) is 59.7 Å². The van der Waals surface area contributed by atoms with Crippen molar-refractivity contribution in [2.45, 2.75) is 41.7 Å². The largest absolute Gasteiger partial charge is 0.355 e. The van der Waals surface area contributed by atoms with Crippen LogP contribution in [0, 0.1) is 11.6 Å². The molecule has 0 saturated heterocycles. The molecule has 2 aromatic carbocycles. The van der Waals surface area contributed by atoms with E-state index in [1.807, 2.05) is 0 Å². The van der Waals surface area contributed by atoms with Gasteiger partial charge < -0.3 is 5.32 Å². The van der Waals surface area contributed by atoms with Crippen LogP contribution in [0.15, 0.2) is 52.3 Å². The molecule has 0 spiro atoms. The zero-order valence-electron chi connectivity index (χ0n) is 15.7. The van der Waals surface area contributed by atoms with Gasteiger partial charge >= 0.3 is 0 Å². The van der Waals surface area contributed by atoms with E-state index in [0.29, 0.717) is 16.9 Å². The third-order valence-electron chi connectivity index (χ3n) is 4.04. The molecule has 0 aliphatic rings. The summed E-state index contributed by atoms with van der Waals surface area (Å²) in [5.41, 5.74) is 0.318. The van der Waals surface area contributed by atoms with Gasteiger partial charge in [-0.15, -0.1) is 11.8 Å². The van der Waals surface area contributed by atoms with Gasteiger partial charge in [-0.2, -0.15) is 0 Å². The number of carbonyl (C=O) groups excluding carboxylic acids is 1. The quantitative estimate of drug-likeness (QED) is 0.615. The number of hydrogen-bond acceptors (Lipinski definition) is 4. The second-order valence-corrected chi connectivity index (χ2v) is 9.76. The van der Waals surface area contributed by atoms with Crippen molar-refractivity contribution in [1.29, 1.82) is 0 Å². The average Bonchev–Trinajstić information content (AvgIpc) is 2.63. The summed E-state index contributed by atoms with van der Waals surface area (Å²) in [6.07, 6.45) is 0.744. The summed E-state index contributed by atoms with van der Waals surface area (Å²) in [4.78, 5) is 13.1. The first-order chi connectivity index (χ1) is 13.2. The molecule has 4 nitrogen and oxygen atoms in total. The summed E-state index contributed by atoms with van der Waals surface area (Å²) in [5.74, 6) is -1.53. The maximum atomic E-state index is 13.6. The highest BCUT2D eigenvalue weighted by atomic mass is 32.2. The second kappa shape index (κ2) is 10.0. The fraction of sp³-hybridized carbons (Fsp3) is 0.350. The Morgan fingerprint density at radius 3 is 2.57 bits per heavy atom. The van der Waals surface area contributed by atoms with Gasteiger partial charge in [-0.25, -0.2) is 17.2 Å². The van der Waals surface area contributed by atoms with Crippen molar-refractivity contribution < 1.29 is 22.0 Å². The lowest BCUT2D eigenvalue weighted by molar-refractivity contribution is -0.120.